The van der Waals surface area contributed by atoms with Crippen molar-refractivity contribution in [3.63, 3.8) is 0 Å². The van der Waals surface area contributed by atoms with Crippen molar-refractivity contribution in [2.45, 2.75) is 32.4 Å². The molecule has 0 unspecified atom stereocenters. The van der Waals surface area contributed by atoms with E-state index in [2.05, 4.69) is 45.8 Å². The smallest absolute Gasteiger partial charge is 0.0703 e. The molecule has 0 radical (unpaired) electrons. The Morgan fingerprint density at radius 3 is 3.00 bits per heavy atom. The van der Waals surface area contributed by atoms with E-state index >= 15 is 0 Å². The molecular formula is C13H17N3S. The second kappa shape index (κ2) is 3.96. The van der Waals surface area contributed by atoms with E-state index in [0.29, 0.717) is 5.54 Å². The fourth-order valence-electron chi connectivity index (χ4n) is 2.30. The van der Waals surface area contributed by atoms with Crippen molar-refractivity contribution in [3.8, 4) is 11.3 Å². The van der Waals surface area contributed by atoms with Crippen LogP contribution >= 0.6 is 11.3 Å². The quantitative estimate of drug-likeness (QED) is 0.903. The largest absolute Gasteiger partial charge is 0.294 e. The highest BCUT2D eigenvalue weighted by molar-refractivity contribution is 7.08. The number of hydrogen-bond donors (Lipinski definition) is 1. The fourth-order valence-corrected chi connectivity index (χ4v) is 2.95. The van der Waals surface area contributed by atoms with Gasteiger partial charge in [0.05, 0.1) is 11.9 Å². The van der Waals surface area contributed by atoms with Gasteiger partial charge in [-0.2, -0.15) is 16.4 Å². The Balaban J connectivity index is 1.83. The molecule has 0 atom stereocenters. The number of nitrogens with one attached hydrogen (secondary N) is 1. The molecule has 3 rings (SSSR count). The van der Waals surface area contributed by atoms with Crippen molar-refractivity contribution in [1.29, 1.82) is 0 Å². The molecule has 0 aliphatic carbocycles. The van der Waals surface area contributed by atoms with Gasteiger partial charge in [-0.3, -0.25) is 10.00 Å². The number of aromatic amines is 1. The minimum Gasteiger partial charge on any atom is -0.294 e. The molecule has 1 aliphatic heterocycles. The van der Waals surface area contributed by atoms with Crippen molar-refractivity contribution in [3.05, 3.63) is 28.6 Å². The first-order valence-electron chi connectivity index (χ1n) is 5.97. The summed E-state index contributed by atoms with van der Waals surface area (Å²) in [6.07, 6.45) is 3.25. The predicted molar refractivity (Wildman–Crippen MR) is 71.0 cm³/mol. The highest BCUT2D eigenvalue weighted by atomic mass is 32.1. The lowest BCUT2D eigenvalue weighted by atomic mass is 9.88. The standard InChI is InChI=1S/C13H17N3S/c1-13(2)4-5-16(13)8-11-7-14-15-12(11)10-3-6-17-9-10/h3,6-7,9H,4-5,8H2,1-2H3,(H,14,15). The van der Waals surface area contributed by atoms with Gasteiger partial charge in [-0.1, -0.05) is 0 Å². The number of likely N-dealkylation sites (tertiary alicyclic amines) is 1. The van der Waals surface area contributed by atoms with Crippen LogP contribution in [0.15, 0.2) is 23.0 Å². The van der Waals surface area contributed by atoms with Crippen molar-refractivity contribution in [2.75, 3.05) is 6.54 Å². The van der Waals surface area contributed by atoms with Gasteiger partial charge in [0.25, 0.3) is 0 Å². The number of aromatic nitrogens is 2. The molecule has 4 heteroatoms. The summed E-state index contributed by atoms with van der Waals surface area (Å²) in [6, 6.07) is 2.14. The summed E-state index contributed by atoms with van der Waals surface area (Å²) in [4.78, 5) is 2.51. The Labute approximate surface area is 105 Å². The topological polar surface area (TPSA) is 31.9 Å². The van der Waals surface area contributed by atoms with Gasteiger partial charge < -0.3 is 0 Å². The predicted octanol–water partition coefficient (Wildman–Crippen LogP) is 3.12. The SMILES string of the molecule is CC1(C)CCN1Cc1cn[nH]c1-c1ccsc1. The van der Waals surface area contributed by atoms with E-state index in [-0.39, 0.29) is 0 Å². The van der Waals surface area contributed by atoms with E-state index in [9.17, 15) is 0 Å². The lowest BCUT2D eigenvalue weighted by molar-refractivity contribution is 0.00809. The van der Waals surface area contributed by atoms with Crippen molar-refractivity contribution in [2.24, 2.45) is 0 Å². The van der Waals surface area contributed by atoms with Crippen LogP contribution < -0.4 is 0 Å². The lowest BCUT2D eigenvalue weighted by Gasteiger charge is -2.48. The van der Waals surface area contributed by atoms with Crippen LogP contribution in [-0.2, 0) is 6.54 Å². The third-order valence-electron chi connectivity index (χ3n) is 3.74. The van der Waals surface area contributed by atoms with Crippen molar-refractivity contribution >= 4 is 11.3 Å². The first kappa shape index (κ1) is 11.0. The molecule has 2 aromatic rings. The summed E-state index contributed by atoms with van der Waals surface area (Å²) in [5.41, 5.74) is 4.08. The normalized spacial score (nSPS) is 19.2. The Morgan fingerprint density at radius 2 is 2.41 bits per heavy atom. The van der Waals surface area contributed by atoms with Gasteiger partial charge in [0.2, 0.25) is 0 Å². The summed E-state index contributed by atoms with van der Waals surface area (Å²) in [5, 5.41) is 11.6. The Morgan fingerprint density at radius 1 is 1.53 bits per heavy atom. The van der Waals surface area contributed by atoms with Crippen LogP contribution in [0.3, 0.4) is 0 Å². The number of nitrogens with zero attached hydrogens (tertiary/aromatic N) is 2. The average molecular weight is 247 g/mol. The Bertz CT molecular complexity index is 498. The lowest BCUT2D eigenvalue weighted by Crippen LogP contribution is -2.54. The summed E-state index contributed by atoms with van der Waals surface area (Å²) in [5.74, 6) is 0. The molecule has 3 nitrogen and oxygen atoms in total. The summed E-state index contributed by atoms with van der Waals surface area (Å²) in [6.45, 7) is 6.80. The Hall–Kier alpha value is -1.13. The molecule has 3 heterocycles. The van der Waals surface area contributed by atoms with Gasteiger partial charge in [-0.25, -0.2) is 0 Å². The fraction of sp³-hybridized carbons (Fsp3) is 0.462. The van der Waals surface area contributed by atoms with Crippen molar-refractivity contribution < 1.29 is 0 Å². The maximum Gasteiger partial charge on any atom is 0.0703 e. The van der Waals surface area contributed by atoms with Crippen LogP contribution in [0.4, 0.5) is 0 Å². The van der Waals surface area contributed by atoms with E-state index in [1.165, 1.54) is 29.8 Å². The zero-order valence-electron chi connectivity index (χ0n) is 10.2. The van der Waals surface area contributed by atoms with Crippen LogP contribution in [0.1, 0.15) is 25.8 Å². The minimum absolute atomic E-state index is 0.350. The van der Waals surface area contributed by atoms with Gasteiger partial charge in [-0.05, 0) is 31.7 Å². The minimum atomic E-state index is 0.350. The van der Waals surface area contributed by atoms with Crippen LogP contribution in [0.5, 0.6) is 0 Å². The molecule has 1 saturated heterocycles. The zero-order chi connectivity index (χ0) is 11.9. The monoisotopic (exact) mass is 247 g/mol. The maximum absolute atomic E-state index is 4.19. The van der Waals surface area contributed by atoms with E-state index < -0.39 is 0 Å². The number of thiophene rings is 1. The number of hydrogen-bond acceptors (Lipinski definition) is 3. The third-order valence-corrected chi connectivity index (χ3v) is 4.42. The summed E-state index contributed by atoms with van der Waals surface area (Å²) >= 11 is 1.72. The molecule has 1 fully saturated rings. The van der Waals surface area contributed by atoms with E-state index in [1.807, 2.05) is 6.20 Å². The van der Waals surface area contributed by atoms with Crippen LogP contribution in [0, 0.1) is 0 Å². The van der Waals surface area contributed by atoms with Crippen molar-refractivity contribution in [1.82, 2.24) is 15.1 Å². The molecule has 0 spiro atoms. The summed E-state index contributed by atoms with van der Waals surface area (Å²) < 4.78 is 0. The van der Waals surface area contributed by atoms with Gasteiger partial charge >= 0.3 is 0 Å². The van der Waals surface area contributed by atoms with E-state index in [4.69, 9.17) is 0 Å². The van der Waals surface area contributed by atoms with Crippen LogP contribution in [-0.4, -0.2) is 27.2 Å². The molecule has 90 valence electrons. The molecule has 0 amide bonds. The molecule has 2 aromatic heterocycles. The van der Waals surface area contributed by atoms with Gasteiger partial charge in [0.15, 0.2) is 0 Å². The highest BCUT2D eigenvalue weighted by Crippen LogP contribution is 2.33. The van der Waals surface area contributed by atoms with Crippen LogP contribution in [0.25, 0.3) is 11.3 Å². The first-order chi connectivity index (χ1) is 8.17. The zero-order valence-corrected chi connectivity index (χ0v) is 11.0. The van der Waals surface area contributed by atoms with Gasteiger partial charge in [0, 0.05) is 35.1 Å². The molecule has 0 bridgehead atoms. The number of rotatable bonds is 3. The maximum atomic E-state index is 4.19. The molecular weight excluding hydrogens is 230 g/mol. The molecule has 1 aliphatic rings. The molecule has 0 aromatic carbocycles. The molecule has 17 heavy (non-hydrogen) atoms. The van der Waals surface area contributed by atoms with E-state index in [1.54, 1.807) is 11.3 Å². The highest BCUT2D eigenvalue weighted by Gasteiger charge is 2.35. The van der Waals surface area contributed by atoms with Gasteiger partial charge in [0.1, 0.15) is 0 Å². The first-order valence-corrected chi connectivity index (χ1v) is 6.91. The summed E-state index contributed by atoms with van der Waals surface area (Å²) in [7, 11) is 0. The van der Waals surface area contributed by atoms with Gasteiger partial charge in [-0.15, -0.1) is 0 Å². The Kier molecular flexibility index (Phi) is 2.56. The van der Waals surface area contributed by atoms with Crippen LogP contribution in [0.2, 0.25) is 0 Å². The second-order valence-electron chi connectivity index (χ2n) is 5.27. The number of H-pyrrole nitrogens is 1. The third kappa shape index (κ3) is 1.91. The molecule has 0 saturated carbocycles. The second-order valence-corrected chi connectivity index (χ2v) is 6.05. The van der Waals surface area contributed by atoms with E-state index in [0.717, 1.165) is 6.54 Å². The average Bonchev–Trinajstić information content (AvgIpc) is 2.94. The molecule has 1 N–H and O–H groups in total.